The highest BCUT2D eigenvalue weighted by Gasteiger charge is 2.33. The molecule has 0 spiro atoms. The lowest BCUT2D eigenvalue weighted by Gasteiger charge is -2.35. The van der Waals surface area contributed by atoms with Crippen molar-refractivity contribution in [2.45, 2.75) is 44.0 Å². The fourth-order valence-electron chi connectivity index (χ4n) is 3.62. The molecule has 1 fully saturated rings. The number of aliphatic carboxylic acids is 1. The zero-order chi connectivity index (χ0) is 22.0. The summed E-state index contributed by atoms with van der Waals surface area (Å²) in [5, 5.41) is 12.4. The standard InChI is InChI=1S/C21H33BN4O4/c1-30-18-7-4-6-17(16-18)24-20(29)26-14-12-25(13-15-26)11-5-9-21(23,19(27)28)8-2-3-10-22/h4,6-7,16H,2-3,5,8-15,23H2,1H3,(H,24,29)(H,27,28). The van der Waals surface area contributed by atoms with Gasteiger partial charge in [0.15, 0.2) is 0 Å². The van der Waals surface area contributed by atoms with Gasteiger partial charge in [-0.25, -0.2) is 4.79 Å². The molecule has 0 bridgehead atoms. The first-order chi connectivity index (χ1) is 14.4. The molecule has 2 amide bonds. The minimum Gasteiger partial charge on any atom is -0.497 e. The van der Waals surface area contributed by atoms with Crippen LogP contribution >= 0.6 is 0 Å². The zero-order valence-electron chi connectivity index (χ0n) is 17.8. The smallest absolute Gasteiger partial charge is 0.323 e. The number of hydrogen-bond acceptors (Lipinski definition) is 5. The minimum absolute atomic E-state index is 0.130. The Bertz CT molecular complexity index is 697. The number of anilines is 1. The molecule has 0 aliphatic carbocycles. The average Bonchev–Trinajstić information content (AvgIpc) is 2.74. The van der Waals surface area contributed by atoms with Crippen molar-refractivity contribution in [3.63, 3.8) is 0 Å². The number of rotatable bonds is 11. The van der Waals surface area contributed by atoms with E-state index in [0.717, 1.165) is 32.5 Å². The molecule has 9 heteroatoms. The van der Waals surface area contributed by atoms with Crippen LogP contribution in [0.15, 0.2) is 24.3 Å². The summed E-state index contributed by atoms with van der Waals surface area (Å²) in [5.41, 5.74) is 5.64. The summed E-state index contributed by atoms with van der Waals surface area (Å²) in [7, 11) is 7.08. The Hall–Kier alpha value is -2.26. The number of nitrogens with zero attached hydrogens (tertiary/aromatic N) is 2. The SMILES string of the molecule is [B]CCCCC(N)(CCCN1CCN(C(=O)Nc2cccc(OC)c2)CC1)C(=O)O. The molecule has 1 aromatic carbocycles. The second-order valence-corrected chi connectivity index (χ2v) is 7.80. The lowest BCUT2D eigenvalue weighted by atomic mass is 9.87. The molecule has 2 rings (SSSR count). The molecule has 1 unspecified atom stereocenters. The lowest BCUT2D eigenvalue weighted by Crippen LogP contribution is -2.51. The van der Waals surface area contributed by atoms with E-state index in [9.17, 15) is 14.7 Å². The molecule has 0 aromatic heterocycles. The van der Waals surface area contributed by atoms with Gasteiger partial charge >= 0.3 is 12.0 Å². The highest BCUT2D eigenvalue weighted by Crippen LogP contribution is 2.20. The second kappa shape index (κ2) is 11.8. The van der Waals surface area contributed by atoms with Crippen LogP contribution in [-0.2, 0) is 4.79 Å². The quantitative estimate of drug-likeness (QED) is 0.377. The second-order valence-electron chi connectivity index (χ2n) is 7.80. The van der Waals surface area contributed by atoms with Crippen LogP contribution in [0.1, 0.15) is 32.1 Å². The topological polar surface area (TPSA) is 108 Å². The van der Waals surface area contributed by atoms with Gasteiger partial charge in [0.05, 0.1) is 15.0 Å². The van der Waals surface area contributed by atoms with E-state index in [1.54, 1.807) is 18.1 Å². The largest absolute Gasteiger partial charge is 0.497 e. The van der Waals surface area contributed by atoms with Crippen molar-refractivity contribution in [1.82, 2.24) is 9.80 Å². The van der Waals surface area contributed by atoms with Crippen molar-refractivity contribution in [3.05, 3.63) is 24.3 Å². The van der Waals surface area contributed by atoms with Crippen LogP contribution in [0.5, 0.6) is 5.75 Å². The van der Waals surface area contributed by atoms with E-state index in [-0.39, 0.29) is 6.03 Å². The predicted octanol–water partition coefficient (Wildman–Crippen LogP) is 2.16. The van der Waals surface area contributed by atoms with Gasteiger partial charge in [-0.3, -0.25) is 9.69 Å². The number of benzene rings is 1. The van der Waals surface area contributed by atoms with Crippen molar-refractivity contribution < 1.29 is 19.4 Å². The van der Waals surface area contributed by atoms with Gasteiger partial charge < -0.3 is 25.8 Å². The first-order valence-electron chi connectivity index (χ1n) is 10.5. The van der Waals surface area contributed by atoms with Gasteiger partial charge in [0.1, 0.15) is 11.3 Å². The molecule has 1 aliphatic rings. The molecule has 2 radical (unpaired) electrons. The summed E-state index contributed by atoms with van der Waals surface area (Å²) < 4.78 is 5.18. The summed E-state index contributed by atoms with van der Waals surface area (Å²) in [6, 6.07) is 7.13. The van der Waals surface area contributed by atoms with Crippen molar-refractivity contribution in [1.29, 1.82) is 0 Å². The maximum absolute atomic E-state index is 12.5. The van der Waals surface area contributed by atoms with Crippen molar-refractivity contribution in [2.24, 2.45) is 5.73 Å². The van der Waals surface area contributed by atoms with Crippen LogP contribution in [0.3, 0.4) is 0 Å². The van der Waals surface area contributed by atoms with E-state index < -0.39 is 11.5 Å². The number of unbranched alkanes of at least 4 members (excludes halogenated alkanes) is 1. The molecule has 1 saturated heterocycles. The highest BCUT2D eigenvalue weighted by molar-refractivity contribution is 6.08. The number of nitrogens with one attached hydrogen (secondary N) is 1. The summed E-state index contributed by atoms with van der Waals surface area (Å²) in [5.74, 6) is -0.253. The number of amides is 2. The van der Waals surface area contributed by atoms with E-state index in [1.165, 1.54) is 0 Å². The van der Waals surface area contributed by atoms with Crippen molar-refractivity contribution >= 4 is 25.5 Å². The number of urea groups is 1. The third kappa shape index (κ3) is 7.21. The number of carbonyl (C=O) groups excluding carboxylic acids is 1. The Morgan fingerprint density at radius 1 is 1.20 bits per heavy atom. The fourth-order valence-corrected chi connectivity index (χ4v) is 3.62. The van der Waals surface area contributed by atoms with Gasteiger partial charge in [-0.05, 0) is 37.9 Å². The number of methoxy groups -OCH3 is 1. The molecule has 8 nitrogen and oxygen atoms in total. The molecule has 1 aromatic rings. The lowest BCUT2D eigenvalue weighted by molar-refractivity contribution is -0.144. The monoisotopic (exact) mass is 416 g/mol. The molecule has 4 N–H and O–H groups in total. The predicted molar refractivity (Wildman–Crippen MR) is 118 cm³/mol. The number of ether oxygens (including phenoxy) is 1. The summed E-state index contributed by atoms with van der Waals surface area (Å²) >= 11 is 0. The van der Waals surface area contributed by atoms with Gasteiger partial charge in [0.25, 0.3) is 0 Å². The van der Waals surface area contributed by atoms with Gasteiger partial charge in [-0.2, -0.15) is 0 Å². The number of nitrogens with two attached hydrogens (primary N) is 1. The zero-order valence-corrected chi connectivity index (χ0v) is 17.8. The molecular formula is C21H33BN4O4. The van der Waals surface area contributed by atoms with Crippen LogP contribution in [0, 0.1) is 0 Å². The van der Waals surface area contributed by atoms with Crippen molar-refractivity contribution in [2.75, 3.05) is 45.2 Å². The van der Waals surface area contributed by atoms with Gasteiger partial charge in [0.2, 0.25) is 0 Å². The molecule has 1 heterocycles. The minimum atomic E-state index is -1.19. The summed E-state index contributed by atoms with van der Waals surface area (Å²) in [6.45, 7) is 3.53. The highest BCUT2D eigenvalue weighted by atomic mass is 16.5. The fraction of sp³-hybridized carbons (Fsp3) is 0.619. The van der Waals surface area contributed by atoms with E-state index >= 15 is 0 Å². The average molecular weight is 416 g/mol. The molecular weight excluding hydrogens is 383 g/mol. The Balaban J connectivity index is 1.73. The summed E-state index contributed by atoms with van der Waals surface area (Å²) in [4.78, 5) is 28.1. The van der Waals surface area contributed by atoms with E-state index in [0.29, 0.717) is 50.1 Å². The third-order valence-electron chi connectivity index (χ3n) is 5.58. The van der Waals surface area contributed by atoms with E-state index in [4.69, 9.17) is 18.3 Å². The van der Waals surface area contributed by atoms with Gasteiger partial charge in [0, 0.05) is 37.9 Å². The Labute approximate surface area is 180 Å². The van der Waals surface area contributed by atoms with Crippen LogP contribution < -0.4 is 15.8 Å². The first-order valence-corrected chi connectivity index (χ1v) is 10.5. The molecule has 1 aliphatic heterocycles. The number of carboxylic acid groups (broad SMARTS) is 1. The Morgan fingerprint density at radius 2 is 1.90 bits per heavy atom. The van der Waals surface area contributed by atoms with Gasteiger partial charge in [-0.15, -0.1) is 0 Å². The first kappa shape index (κ1) is 24.0. The van der Waals surface area contributed by atoms with Crippen LogP contribution in [0.25, 0.3) is 0 Å². The normalized spacial score (nSPS) is 16.7. The number of carbonyl (C=O) groups is 2. The number of carboxylic acids is 1. The molecule has 164 valence electrons. The van der Waals surface area contributed by atoms with Crippen LogP contribution in [0.4, 0.5) is 10.5 Å². The summed E-state index contributed by atoms with van der Waals surface area (Å²) in [6.07, 6.45) is 3.64. The number of hydrogen-bond donors (Lipinski definition) is 3. The molecule has 1 atom stereocenters. The Morgan fingerprint density at radius 3 is 2.53 bits per heavy atom. The van der Waals surface area contributed by atoms with Gasteiger partial charge in [-0.1, -0.05) is 25.2 Å². The molecule has 0 saturated carbocycles. The maximum Gasteiger partial charge on any atom is 0.323 e. The van der Waals surface area contributed by atoms with E-state index in [1.807, 2.05) is 18.2 Å². The Kier molecular flexibility index (Phi) is 9.45. The van der Waals surface area contributed by atoms with Crippen molar-refractivity contribution in [3.8, 4) is 5.75 Å². The van der Waals surface area contributed by atoms with Crippen LogP contribution in [-0.4, -0.2) is 80.1 Å². The van der Waals surface area contributed by atoms with Crippen LogP contribution in [0.2, 0.25) is 6.32 Å². The van der Waals surface area contributed by atoms with E-state index in [2.05, 4.69) is 10.2 Å². The third-order valence-corrected chi connectivity index (χ3v) is 5.58. The number of piperazine rings is 1. The molecule has 30 heavy (non-hydrogen) atoms. The maximum atomic E-state index is 12.5.